The number of para-hydroxylation sites is 1. The smallest absolute Gasteiger partial charge is 0.257 e. The molecule has 1 aliphatic heterocycles. The number of benzene rings is 2. The molecule has 1 heterocycles. The molecule has 1 aliphatic rings. The molecule has 1 amide bonds. The predicted molar refractivity (Wildman–Crippen MR) is 109 cm³/mol. The second-order valence-corrected chi connectivity index (χ2v) is 6.45. The van der Waals surface area contributed by atoms with E-state index in [4.69, 9.17) is 14.2 Å². The first-order valence-corrected chi connectivity index (χ1v) is 9.26. The van der Waals surface area contributed by atoms with E-state index >= 15 is 0 Å². The van der Waals surface area contributed by atoms with Crippen molar-refractivity contribution in [2.45, 2.75) is 12.6 Å². The minimum Gasteiger partial charge on any atom is -0.493 e. The van der Waals surface area contributed by atoms with E-state index in [1.807, 2.05) is 47.4 Å². The summed E-state index contributed by atoms with van der Waals surface area (Å²) in [5.41, 5.74) is 2.42. The molecule has 1 atom stereocenters. The summed E-state index contributed by atoms with van der Waals surface area (Å²) < 4.78 is 16.3. The highest BCUT2D eigenvalue weighted by molar-refractivity contribution is 6.01. The summed E-state index contributed by atoms with van der Waals surface area (Å²) in [6, 6.07) is 13.3. The lowest BCUT2D eigenvalue weighted by atomic mass is 10.0. The lowest BCUT2D eigenvalue weighted by Gasteiger charge is -2.38. The van der Waals surface area contributed by atoms with Crippen LogP contribution in [0.4, 0.5) is 5.69 Å². The minimum atomic E-state index is -0.304. The monoisotopic (exact) mass is 382 g/mol. The van der Waals surface area contributed by atoms with Crippen LogP contribution in [0.2, 0.25) is 0 Å². The summed E-state index contributed by atoms with van der Waals surface area (Å²) in [6.45, 7) is 5.23. The molecule has 0 spiro atoms. The third kappa shape index (κ3) is 4.12. The molecule has 3 rings (SSSR count). The number of anilines is 1. The molecule has 0 bridgehead atoms. The van der Waals surface area contributed by atoms with E-state index in [-0.39, 0.29) is 12.1 Å². The Morgan fingerprint density at radius 3 is 2.75 bits per heavy atom. The van der Waals surface area contributed by atoms with Gasteiger partial charge in [0, 0.05) is 25.9 Å². The Kier molecular flexibility index (Phi) is 6.55. The van der Waals surface area contributed by atoms with Crippen LogP contribution >= 0.6 is 0 Å². The van der Waals surface area contributed by atoms with Crippen LogP contribution in [0.15, 0.2) is 55.1 Å². The second kappa shape index (κ2) is 9.28. The van der Waals surface area contributed by atoms with Gasteiger partial charge in [-0.2, -0.15) is 0 Å². The van der Waals surface area contributed by atoms with E-state index in [2.05, 4.69) is 11.9 Å². The number of nitrogens with one attached hydrogen (secondary N) is 1. The fraction of sp³-hybridized carbons (Fsp3) is 0.318. The summed E-state index contributed by atoms with van der Waals surface area (Å²) in [5, 5.41) is 3.49. The lowest BCUT2D eigenvalue weighted by Crippen LogP contribution is -2.43. The lowest BCUT2D eigenvalue weighted by molar-refractivity contribution is 0.0660. The van der Waals surface area contributed by atoms with Gasteiger partial charge in [-0.1, -0.05) is 30.9 Å². The van der Waals surface area contributed by atoms with Crippen molar-refractivity contribution in [3.8, 4) is 11.5 Å². The van der Waals surface area contributed by atoms with Gasteiger partial charge in [0.2, 0.25) is 0 Å². The summed E-state index contributed by atoms with van der Waals surface area (Å²) >= 11 is 0. The summed E-state index contributed by atoms with van der Waals surface area (Å²) in [5.74, 6) is 1.25. The van der Waals surface area contributed by atoms with E-state index in [9.17, 15) is 4.79 Å². The van der Waals surface area contributed by atoms with Crippen LogP contribution in [-0.2, 0) is 4.74 Å². The molecule has 0 fully saturated rings. The predicted octanol–water partition coefficient (Wildman–Crippen LogP) is 3.86. The molecule has 2 aromatic rings. The Morgan fingerprint density at radius 2 is 2.00 bits per heavy atom. The zero-order valence-electron chi connectivity index (χ0n) is 16.3. The molecule has 28 heavy (non-hydrogen) atoms. The standard InChI is InChI=1S/C22H26N2O4/c1-4-13-28-19-11-10-16(15-20(19)27-3)21-23-18-9-6-5-8-17(18)22(25)24(21)12-7-14-26-2/h4-6,8-11,15,21,23H,1,7,12-14H2,2-3H3. The Bertz CT molecular complexity index is 837. The highest BCUT2D eigenvalue weighted by Gasteiger charge is 2.32. The van der Waals surface area contributed by atoms with Crippen molar-refractivity contribution in [1.29, 1.82) is 0 Å². The van der Waals surface area contributed by atoms with Gasteiger partial charge in [-0.3, -0.25) is 4.79 Å². The maximum Gasteiger partial charge on any atom is 0.257 e. The number of carbonyl (C=O) groups excluding carboxylic acids is 1. The molecule has 0 aliphatic carbocycles. The molecular formula is C22H26N2O4. The van der Waals surface area contributed by atoms with Gasteiger partial charge in [0.05, 0.1) is 12.7 Å². The van der Waals surface area contributed by atoms with Crippen LogP contribution in [-0.4, -0.2) is 44.8 Å². The van der Waals surface area contributed by atoms with Crippen LogP contribution in [0.1, 0.15) is 28.5 Å². The van der Waals surface area contributed by atoms with E-state index in [1.165, 1.54) is 0 Å². The number of nitrogens with zero attached hydrogens (tertiary/aromatic N) is 1. The molecule has 0 radical (unpaired) electrons. The Labute approximate surface area is 165 Å². The molecule has 1 N–H and O–H groups in total. The van der Waals surface area contributed by atoms with Gasteiger partial charge in [-0.25, -0.2) is 0 Å². The zero-order valence-corrected chi connectivity index (χ0v) is 16.3. The van der Waals surface area contributed by atoms with Crippen LogP contribution in [0.5, 0.6) is 11.5 Å². The molecule has 6 heteroatoms. The van der Waals surface area contributed by atoms with Crippen LogP contribution in [0.25, 0.3) is 0 Å². The number of hydrogen-bond donors (Lipinski definition) is 1. The number of rotatable bonds is 9. The maximum atomic E-state index is 13.1. The Balaban J connectivity index is 1.94. The van der Waals surface area contributed by atoms with Gasteiger partial charge in [-0.15, -0.1) is 0 Å². The summed E-state index contributed by atoms with van der Waals surface area (Å²) in [6.07, 6.45) is 2.13. The van der Waals surface area contributed by atoms with Crippen molar-refractivity contribution in [2.24, 2.45) is 0 Å². The average Bonchev–Trinajstić information content (AvgIpc) is 2.73. The second-order valence-electron chi connectivity index (χ2n) is 6.45. The molecule has 0 aromatic heterocycles. The number of ether oxygens (including phenoxy) is 3. The average molecular weight is 382 g/mol. The van der Waals surface area contributed by atoms with Crippen LogP contribution in [0.3, 0.4) is 0 Å². The van der Waals surface area contributed by atoms with E-state index in [0.29, 0.717) is 36.8 Å². The SMILES string of the molecule is C=CCOc1ccc(C2Nc3ccccc3C(=O)N2CCCOC)cc1OC. The largest absolute Gasteiger partial charge is 0.493 e. The third-order valence-electron chi connectivity index (χ3n) is 4.63. The van der Waals surface area contributed by atoms with Crippen LogP contribution < -0.4 is 14.8 Å². The first-order chi connectivity index (χ1) is 13.7. The number of methoxy groups -OCH3 is 2. The fourth-order valence-electron chi connectivity index (χ4n) is 3.29. The first kappa shape index (κ1) is 19.8. The van der Waals surface area contributed by atoms with Gasteiger partial charge in [0.1, 0.15) is 12.8 Å². The summed E-state index contributed by atoms with van der Waals surface area (Å²) in [4.78, 5) is 15.0. The van der Waals surface area contributed by atoms with Gasteiger partial charge >= 0.3 is 0 Å². The van der Waals surface area contributed by atoms with Crippen molar-refractivity contribution in [3.05, 3.63) is 66.2 Å². The van der Waals surface area contributed by atoms with Crippen molar-refractivity contribution in [1.82, 2.24) is 4.90 Å². The molecule has 148 valence electrons. The molecule has 0 saturated carbocycles. The molecule has 0 saturated heterocycles. The Morgan fingerprint density at radius 1 is 1.18 bits per heavy atom. The first-order valence-electron chi connectivity index (χ1n) is 9.26. The van der Waals surface area contributed by atoms with Gasteiger partial charge < -0.3 is 24.4 Å². The van der Waals surface area contributed by atoms with Crippen molar-refractivity contribution < 1.29 is 19.0 Å². The quantitative estimate of drug-likeness (QED) is 0.527. The van der Waals surface area contributed by atoms with E-state index in [1.54, 1.807) is 20.3 Å². The Hall–Kier alpha value is -2.99. The highest BCUT2D eigenvalue weighted by Crippen LogP contribution is 2.37. The van der Waals surface area contributed by atoms with Crippen LogP contribution in [0, 0.1) is 0 Å². The van der Waals surface area contributed by atoms with Crippen molar-refractivity contribution >= 4 is 11.6 Å². The number of carbonyl (C=O) groups is 1. The van der Waals surface area contributed by atoms with Crippen molar-refractivity contribution in [2.75, 3.05) is 39.3 Å². The number of amides is 1. The zero-order chi connectivity index (χ0) is 19.9. The minimum absolute atomic E-state index is 0.00130. The summed E-state index contributed by atoms with van der Waals surface area (Å²) in [7, 11) is 3.26. The fourth-order valence-corrected chi connectivity index (χ4v) is 3.29. The van der Waals surface area contributed by atoms with E-state index < -0.39 is 0 Å². The third-order valence-corrected chi connectivity index (χ3v) is 4.63. The topological polar surface area (TPSA) is 60.0 Å². The maximum absolute atomic E-state index is 13.1. The number of hydrogen-bond acceptors (Lipinski definition) is 5. The molecule has 1 unspecified atom stereocenters. The number of fused-ring (bicyclic) bond motifs is 1. The van der Waals surface area contributed by atoms with Crippen molar-refractivity contribution in [3.63, 3.8) is 0 Å². The molecule has 2 aromatic carbocycles. The van der Waals surface area contributed by atoms with E-state index in [0.717, 1.165) is 17.7 Å². The van der Waals surface area contributed by atoms with Gasteiger partial charge in [0.25, 0.3) is 5.91 Å². The molecule has 6 nitrogen and oxygen atoms in total. The van der Waals surface area contributed by atoms with Gasteiger partial charge in [-0.05, 0) is 36.2 Å². The molecular weight excluding hydrogens is 356 g/mol. The normalized spacial score (nSPS) is 15.6. The van der Waals surface area contributed by atoms with Gasteiger partial charge in [0.15, 0.2) is 11.5 Å². The highest BCUT2D eigenvalue weighted by atomic mass is 16.5.